The topological polar surface area (TPSA) is 71.6 Å². The number of pyridine rings is 1. The third-order valence-corrected chi connectivity index (χ3v) is 8.01. The molecule has 2 aromatic heterocycles. The Bertz CT molecular complexity index is 1120. The van der Waals surface area contributed by atoms with E-state index in [1.165, 1.54) is 28.5 Å². The first kappa shape index (κ1) is 17.8. The smallest absolute Gasteiger partial charge is 0.203 e. The summed E-state index contributed by atoms with van der Waals surface area (Å²) >= 11 is 1.36. The first-order valence-corrected chi connectivity index (χ1v) is 11.2. The van der Waals surface area contributed by atoms with Crippen molar-refractivity contribution < 1.29 is 8.60 Å². The predicted octanol–water partition coefficient (Wildman–Crippen LogP) is 3.94. The molecule has 3 aromatic rings. The highest BCUT2D eigenvalue weighted by molar-refractivity contribution is 7.83. The Hall–Kier alpha value is -2.32. The van der Waals surface area contributed by atoms with E-state index in [1.54, 1.807) is 13.1 Å². The lowest BCUT2D eigenvalue weighted by atomic mass is 10.0. The highest BCUT2D eigenvalue weighted by Crippen LogP contribution is 2.42. The molecule has 2 N–H and O–H groups in total. The van der Waals surface area contributed by atoms with Crippen LogP contribution in [0.1, 0.15) is 35.4 Å². The van der Waals surface area contributed by atoms with Gasteiger partial charge in [-0.05, 0) is 18.9 Å². The van der Waals surface area contributed by atoms with Gasteiger partial charge >= 0.3 is 0 Å². The maximum Gasteiger partial charge on any atom is 0.203 e. The molecule has 1 saturated carbocycles. The first-order chi connectivity index (χ1) is 13.5. The fraction of sp³-hybridized carbons (Fsp3) is 0.300. The molecule has 144 valence electrons. The van der Waals surface area contributed by atoms with E-state index >= 15 is 4.39 Å². The van der Waals surface area contributed by atoms with Crippen molar-refractivity contribution in [2.24, 2.45) is 10.7 Å². The normalized spacial score (nSPS) is 22.5. The van der Waals surface area contributed by atoms with Crippen molar-refractivity contribution in [3.05, 3.63) is 52.9 Å². The molecule has 2 atom stereocenters. The Morgan fingerprint density at radius 2 is 2.11 bits per heavy atom. The zero-order valence-electron chi connectivity index (χ0n) is 15.3. The van der Waals surface area contributed by atoms with Crippen molar-refractivity contribution in [3.63, 3.8) is 0 Å². The van der Waals surface area contributed by atoms with Crippen LogP contribution in [0.15, 0.2) is 41.5 Å². The quantitative estimate of drug-likeness (QED) is 0.706. The van der Waals surface area contributed by atoms with Crippen molar-refractivity contribution in [3.8, 4) is 11.1 Å². The van der Waals surface area contributed by atoms with Gasteiger partial charge in [0.05, 0.1) is 10.6 Å². The number of halogens is 1. The summed E-state index contributed by atoms with van der Waals surface area (Å²) in [5, 5.41) is 0.558. The number of nitrogens with two attached hydrogens (primary N) is 1. The maximum absolute atomic E-state index is 15.2. The van der Waals surface area contributed by atoms with Gasteiger partial charge in [-0.2, -0.15) is 0 Å². The van der Waals surface area contributed by atoms with Gasteiger partial charge in [0.1, 0.15) is 22.8 Å². The average Bonchev–Trinajstić information content (AvgIpc) is 3.50. The molecule has 0 radical (unpaired) electrons. The van der Waals surface area contributed by atoms with E-state index in [-0.39, 0.29) is 17.5 Å². The summed E-state index contributed by atoms with van der Waals surface area (Å²) in [6, 6.07) is 9.23. The minimum Gasteiger partial charge on any atom is -0.369 e. The van der Waals surface area contributed by atoms with Crippen LogP contribution in [0.25, 0.3) is 21.2 Å². The molecule has 1 fully saturated rings. The van der Waals surface area contributed by atoms with Crippen molar-refractivity contribution in [1.82, 2.24) is 9.29 Å². The lowest BCUT2D eigenvalue weighted by Gasteiger charge is -2.25. The van der Waals surface area contributed by atoms with Crippen LogP contribution in [0.4, 0.5) is 4.39 Å². The van der Waals surface area contributed by atoms with Crippen LogP contribution >= 0.6 is 11.3 Å². The highest BCUT2D eigenvalue weighted by Gasteiger charge is 2.30. The number of hydrogen-bond acceptors (Lipinski definition) is 5. The summed E-state index contributed by atoms with van der Waals surface area (Å²) in [6.07, 6.45) is 4.30. The van der Waals surface area contributed by atoms with Crippen LogP contribution in [0.2, 0.25) is 0 Å². The van der Waals surface area contributed by atoms with Crippen molar-refractivity contribution in [2.75, 3.05) is 12.8 Å². The number of thiophene rings is 1. The monoisotopic (exact) mass is 414 g/mol. The Kier molecular flexibility index (Phi) is 4.21. The van der Waals surface area contributed by atoms with E-state index < -0.39 is 17.0 Å². The molecule has 3 heterocycles. The molecule has 5 nitrogen and oxygen atoms in total. The third-order valence-electron chi connectivity index (χ3n) is 5.29. The maximum atomic E-state index is 15.2. The van der Waals surface area contributed by atoms with Gasteiger partial charge in [-0.15, -0.1) is 11.3 Å². The Labute approximate surface area is 168 Å². The second kappa shape index (κ2) is 6.63. The summed E-state index contributed by atoms with van der Waals surface area (Å²) < 4.78 is 29.7. The Morgan fingerprint density at radius 3 is 2.79 bits per heavy atom. The molecule has 2 aliphatic rings. The average molecular weight is 415 g/mol. The highest BCUT2D eigenvalue weighted by atomic mass is 32.2. The number of aliphatic imine (C=N–C) groups is 1. The van der Waals surface area contributed by atoms with Crippen LogP contribution < -0.4 is 5.73 Å². The van der Waals surface area contributed by atoms with Gasteiger partial charge in [0.25, 0.3) is 0 Å². The van der Waals surface area contributed by atoms with Crippen LogP contribution in [-0.2, 0) is 11.0 Å². The molecular formula is C20H19FN4OS2. The fourth-order valence-corrected chi connectivity index (χ4v) is 5.85. The predicted molar refractivity (Wildman–Crippen MR) is 112 cm³/mol. The summed E-state index contributed by atoms with van der Waals surface area (Å²) in [6.45, 7) is 0. The molecule has 0 spiro atoms. The molecule has 5 rings (SSSR count). The summed E-state index contributed by atoms with van der Waals surface area (Å²) in [5.74, 6) is 0.705. The van der Waals surface area contributed by atoms with E-state index in [0.717, 1.165) is 21.5 Å². The number of fused-ring (bicyclic) bond motifs is 1. The molecule has 8 heteroatoms. The van der Waals surface area contributed by atoms with E-state index in [0.29, 0.717) is 16.2 Å². The number of nitrogens with zero attached hydrogens (tertiary/aromatic N) is 3. The minimum absolute atomic E-state index is 0.173. The van der Waals surface area contributed by atoms with E-state index in [9.17, 15) is 4.21 Å². The number of hydrogen-bond donors (Lipinski definition) is 1. The van der Waals surface area contributed by atoms with Crippen molar-refractivity contribution in [1.29, 1.82) is 0 Å². The van der Waals surface area contributed by atoms with Gasteiger partial charge in [-0.25, -0.2) is 13.6 Å². The van der Waals surface area contributed by atoms with E-state index in [1.807, 2.05) is 18.3 Å². The minimum atomic E-state index is -1.31. The van der Waals surface area contributed by atoms with Gasteiger partial charge in [-0.1, -0.05) is 24.3 Å². The molecule has 1 aromatic carbocycles. The van der Waals surface area contributed by atoms with Crippen LogP contribution in [0.3, 0.4) is 0 Å². The molecule has 28 heavy (non-hydrogen) atoms. The number of aromatic nitrogens is 1. The van der Waals surface area contributed by atoms with E-state index in [2.05, 4.69) is 22.1 Å². The Balaban J connectivity index is 1.59. The van der Waals surface area contributed by atoms with Crippen molar-refractivity contribution >= 4 is 38.4 Å². The SMILES string of the molecule is CN1C(N)=NC(c2sc3c(-c4ccc(C5CC5)nc4)cccc3c2F)CS1=O. The number of guanidine groups is 1. The third kappa shape index (κ3) is 2.91. The molecule has 0 saturated heterocycles. The van der Waals surface area contributed by atoms with Gasteiger partial charge in [0.15, 0.2) is 0 Å². The fourth-order valence-electron chi connectivity index (χ4n) is 3.50. The molecular weight excluding hydrogens is 395 g/mol. The molecule has 0 amide bonds. The molecule has 0 bridgehead atoms. The van der Waals surface area contributed by atoms with Gasteiger partial charge < -0.3 is 5.73 Å². The van der Waals surface area contributed by atoms with E-state index in [4.69, 9.17) is 5.73 Å². The molecule has 2 unspecified atom stereocenters. The number of benzene rings is 1. The second-order valence-corrected chi connectivity index (χ2v) is 9.77. The number of rotatable bonds is 3. The van der Waals surface area contributed by atoms with Crippen LogP contribution in [0, 0.1) is 5.82 Å². The van der Waals surface area contributed by atoms with Gasteiger partial charge in [0, 0.05) is 46.1 Å². The summed E-state index contributed by atoms with van der Waals surface area (Å²) in [4.78, 5) is 9.44. The zero-order chi connectivity index (χ0) is 19.4. The molecule has 1 aliphatic carbocycles. The standard InChI is InChI=1S/C20H19FN4OS2/c1-25-20(22)24-16(10-28(25)26)19-17(21)14-4-2-3-13(18(14)27-19)12-7-8-15(23-9-12)11-5-6-11/h2-4,7-9,11,16H,5-6,10H2,1H3,(H2,22,24). The first-order valence-electron chi connectivity index (χ1n) is 9.15. The molecule has 1 aliphatic heterocycles. The largest absolute Gasteiger partial charge is 0.369 e. The lowest BCUT2D eigenvalue weighted by Crippen LogP contribution is -2.41. The Morgan fingerprint density at radius 1 is 1.29 bits per heavy atom. The summed E-state index contributed by atoms with van der Waals surface area (Å²) in [7, 11) is 0.317. The second-order valence-electron chi connectivity index (χ2n) is 7.20. The zero-order valence-corrected chi connectivity index (χ0v) is 16.9. The van der Waals surface area contributed by atoms with Crippen molar-refractivity contribution in [2.45, 2.75) is 24.8 Å². The lowest BCUT2D eigenvalue weighted by molar-refractivity contribution is 0.592. The van der Waals surface area contributed by atoms with Crippen LogP contribution in [-0.4, -0.2) is 32.3 Å². The van der Waals surface area contributed by atoms with Gasteiger partial charge in [-0.3, -0.25) is 9.29 Å². The van der Waals surface area contributed by atoms with Crippen LogP contribution in [0.5, 0.6) is 0 Å². The summed E-state index contributed by atoms with van der Waals surface area (Å²) in [5.41, 5.74) is 8.92. The van der Waals surface area contributed by atoms with Gasteiger partial charge in [0.2, 0.25) is 5.96 Å².